The number of unbranched alkanes of at least 4 members (excludes halogenated alkanes) is 3. The fraction of sp³-hybridized carbons (Fsp3) is 0.600. The molecular weight excluding hydrogens is 518 g/mol. The van der Waals surface area contributed by atoms with Gasteiger partial charge < -0.3 is 9.47 Å². The van der Waals surface area contributed by atoms with Crippen molar-refractivity contribution in [3.05, 3.63) is 54.1 Å². The van der Waals surface area contributed by atoms with Crippen molar-refractivity contribution in [1.29, 1.82) is 5.26 Å². The summed E-state index contributed by atoms with van der Waals surface area (Å²) in [6.07, 6.45) is 10.2. The molecule has 0 saturated heterocycles. The van der Waals surface area contributed by atoms with Gasteiger partial charge in [0.05, 0.1) is 17.6 Å². The van der Waals surface area contributed by atoms with Gasteiger partial charge in [0, 0.05) is 6.42 Å². The van der Waals surface area contributed by atoms with E-state index in [2.05, 4.69) is 68.4 Å². The summed E-state index contributed by atoms with van der Waals surface area (Å²) in [5.74, 6) is 0.995. The van der Waals surface area contributed by atoms with Crippen LogP contribution in [-0.2, 0) is 9.53 Å². The lowest BCUT2D eigenvalue weighted by atomic mass is 9.67. The molecular formula is C35H48ClNO3. The molecule has 3 rings (SSSR count). The second-order valence-corrected chi connectivity index (χ2v) is 12.7. The fourth-order valence-electron chi connectivity index (χ4n) is 5.82. The zero-order valence-corrected chi connectivity index (χ0v) is 25.9. The van der Waals surface area contributed by atoms with Gasteiger partial charge in [-0.3, -0.25) is 4.79 Å². The van der Waals surface area contributed by atoms with E-state index in [1.54, 1.807) is 0 Å². The zero-order valence-electron chi connectivity index (χ0n) is 25.1. The molecule has 2 aromatic rings. The molecule has 0 radical (unpaired) electrons. The first kappa shape index (κ1) is 32.0. The van der Waals surface area contributed by atoms with E-state index >= 15 is 0 Å². The number of benzene rings is 2. The van der Waals surface area contributed by atoms with Crippen molar-refractivity contribution in [3.8, 4) is 22.9 Å². The number of ether oxygens (including phenoxy) is 2. The monoisotopic (exact) mass is 565 g/mol. The molecule has 0 aromatic heterocycles. The minimum atomic E-state index is -0.653. The summed E-state index contributed by atoms with van der Waals surface area (Å²) in [5, 5.41) is 9.39. The predicted octanol–water partition coefficient (Wildman–Crippen LogP) is 9.84. The normalized spacial score (nSPS) is 21.3. The molecule has 0 N–H and O–H groups in total. The van der Waals surface area contributed by atoms with E-state index < -0.39 is 10.8 Å². The number of alkyl halides is 1. The average molecular weight is 566 g/mol. The Bertz CT molecular complexity index is 1080. The first-order valence-corrected chi connectivity index (χ1v) is 15.7. The molecule has 4 nitrogen and oxygen atoms in total. The molecule has 218 valence electrons. The van der Waals surface area contributed by atoms with Crippen LogP contribution in [0, 0.1) is 22.7 Å². The highest BCUT2D eigenvalue weighted by atomic mass is 35.5. The third kappa shape index (κ3) is 9.27. The van der Waals surface area contributed by atoms with E-state index in [1.165, 1.54) is 42.4 Å². The van der Waals surface area contributed by atoms with Crippen LogP contribution in [0.2, 0.25) is 0 Å². The van der Waals surface area contributed by atoms with Crippen LogP contribution in [0.4, 0.5) is 0 Å². The molecule has 1 fully saturated rings. The molecule has 5 heteroatoms. The molecule has 0 amide bonds. The van der Waals surface area contributed by atoms with Gasteiger partial charge in [-0.15, -0.1) is 11.6 Å². The lowest BCUT2D eigenvalue weighted by Gasteiger charge is -2.36. The molecule has 40 heavy (non-hydrogen) atoms. The Morgan fingerprint density at radius 2 is 1.55 bits per heavy atom. The maximum absolute atomic E-state index is 12.3. The predicted molar refractivity (Wildman–Crippen MR) is 165 cm³/mol. The largest absolute Gasteiger partial charge is 0.491 e. The quantitative estimate of drug-likeness (QED) is 0.130. The number of hydrogen-bond donors (Lipinski definition) is 0. The van der Waals surface area contributed by atoms with Crippen LogP contribution in [0.3, 0.4) is 0 Å². The Hall–Kier alpha value is -2.51. The second kappa shape index (κ2) is 15.5. The van der Waals surface area contributed by atoms with Crippen LogP contribution in [0.5, 0.6) is 5.75 Å². The molecule has 2 aromatic carbocycles. The van der Waals surface area contributed by atoms with Gasteiger partial charge in [-0.1, -0.05) is 76.4 Å². The number of nitriles is 1. The van der Waals surface area contributed by atoms with Gasteiger partial charge in [-0.2, -0.15) is 5.26 Å². The van der Waals surface area contributed by atoms with Gasteiger partial charge in [0.2, 0.25) is 0 Å². The minimum Gasteiger partial charge on any atom is -0.491 e. The van der Waals surface area contributed by atoms with Crippen molar-refractivity contribution < 1.29 is 14.3 Å². The molecule has 2 unspecified atom stereocenters. The highest BCUT2D eigenvalue weighted by Gasteiger charge is 2.38. The van der Waals surface area contributed by atoms with Crippen LogP contribution < -0.4 is 4.74 Å². The number of nitrogens with zero attached hydrogens (tertiary/aromatic N) is 1. The molecule has 0 aliphatic heterocycles. The van der Waals surface area contributed by atoms with Gasteiger partial charge in [0.15, 0.2) is 0 Å². The van der Waals surface area contributed by atoms with E-state index in [0.29, 0.717) is 12.3 Å². The number of esters is 1. The smallest absolute Gasteiger partial charge is 0.324 e. The van der Waals surface area contributed by atoms with E-state index in [1.807, 2.05) is 20.8 Å². The minimum absolute atomic E-state index is 0.0141. The van der Waals surface area contributed by atoms with E-state index in [-0.39, 0.29) is 24.1 Å². The Morgan fingerprint density at radius 3 is 2.10 bits per heavy atom. The number of rotatable bonds is 14. The van der Waals surface area contributed by atoms with Gasteiger partial charge in [-0.25, -0.2) is 0 Å². The first-order valence-electron chi connectivity index (χ1n) is 15.3. The number of halogens is 1. The van der Waals surface area contributed by atoms with Crippen molar-refractivity contribution in [2.24, 2.45) is 11.3 Å². The van der Waals surface area contributed by atoms with Crippen molar-refractivity contribution in [3.63, 3.8) is 0 Å². The van der Waals surface area contributed by atoms with Gasteiger partial charge >= 0.3 is 5.97 Å². The molecule has 3 atom stereocenters. The second-order valence-electron chi connectivity index (χ2n) is 12.2. The Morgan fingerprint density at radius 1 is 0.950 bits per heavy atom. The SMILES string of the molecule is CCCCCC[C@@H](C)Oc1ccc(-c2ccc(C3CCC(C#N)(CC(C)OC(=O)C(Cl)C(C)C)CC3)cc2)cc1. The molecule has 0 bridgehead atoms. The highest BCUT2D eigenvalue weighted by molar-refractivity contribution is 6.30. The lowest BCUT2D eigenvalue weighted by Crippen LogP contribution is -2.33. The summed E-state index contributed by atoms with van der Waals surface area (Å²) in [4.78, 5) is 12.3. The molecule has 0 heterocycles. The molecule has 1 aliphatic carbocycles. The fourth-order valence-corrected chi connectivity index (χ4v) is 5.87. The third-order valence-corrected chi connectivity index (χ3v) is 9.04. The Balaban J connectivity index is 1.51. The van der Waals surface area contributed by atoms with Crippen molar-refractivity contribution in [2.75, 3.05) is 0 Å². The summed E-state index contributed by atoms with van der Waals surface area (Å²) in [7, 11) is 0. The van der Waals surface area contributed by atoms with Crippen LogP contribution in [-0.4, -0.2) is 23.6 Å². The van der Waals surface area contributed by atoms with Crippen molar-refractivity contribution in [2.45, 2.75) is 122 Å². The van der Waals surface area contributed by atoms with Crippen molar-refractivity contribution >= 4 is 17.6 Å². The van der Waals surface area contributed by atoms with Gasteiger partial charge in [0.1, 0.15) is 17.2 Å². The summed E-state index contributed by atoms with van der Waals surface area (Å²) in [5.41, 5.74) is 3.25. The third-order valence-electron chi connectivity index (χ3n) is 8.36. The summed E-state index contributed by atoms with van der Waals surface area (Å²) in [6.45, 7) is 10.1. The maximum atomic E-state index is 12.3. The Kier molecular flexibility index (Phi) is 12.4. The topological polar surface area (TPSA) is 59.3 Å². The first-order chi connectivity index (χ1) is 19.2. The number of carbonyl (C=O) groups excluding carboxylic acids is 1. The highest BCUT2D eigenvalue weighted by Crippen LogP contribution is 2.46. The molecule has 0 spiro atoms. The van der Waals surface area contributed by atoms with E-state index in [0.717, 1.165) is 37.9 Å². The average Bonchev–Trinajstić information content (AvgIpc) is 2.95. The maximum Gasteiger partial charge on any atom is 0.324 e. The standard InChI is InChI=1S/C35H48ClNO3/c1-6-7-8-9-10-26(4)39-32-17-15-30(16-18-32)28-11-13-29(14-12-28)31-19-21-35(24-37,22-20-31)23-27(5)40-34(38)33(36)25(2)3/h11-18,25-27,31,33H,6-10,19-23H2,1-5H3/t26-,27?,31?,33?,35?/m1/s1. The van der Waals surface area contributed by atoms with Crippen molar-refractivity contribution in [1.82, 2.24) is 0 Å². The van der Waals surface area contributed by atoms with Crippen LogP contribution in [0.1, 0.15) is 110 Å². The Labute approximate surface area is 247 Å². The summed E-state index contributed by atoms with van der Waals surface area (Å²) < 4.78 is 11.7. The summed E-state index contributed by atoms with van der Waals surface area (Å²) in [6, 6.07) is 19.9. The zero-order chi connectivity index (χ0) is 29.1. The van der Waals surface area contributed by atoms with Gasteiger partial charge in [-0.05, 0) is 93.0 Å². The lowest BCUT2D eigenvalue weighted by molar-refractivity contribution is -0.150. The molecule has 1 saturated carbocycles. The van der Waals surface area contributed by atoms with Gasteiger partial charge in [0.25, 0.3) is 0 Å². The molecule has 1 aliphatic rings. The number of hydrogen-bond acceptors (Lipinski definition) is 4. The summed E-state index contributed by atoms with van der Waals surface area (Å²) >= 11 is 6.16. The van der Waals surface area contributed by atoms with Crippen LogP contribution in [0.25, 0.3) is 11.1 Å². The van der Waals surface area contributed by atoms with Crippen LogP contribution >= 0.6 is 11.6 Å². The number of carbonyl (C=O) groups is 1. The van der Waals surface area contributed by atoms with Crippen LogP contribution in [0.15, 0.2) is 48.5 Å². The van der Waals surface area contributed by atoms with E-state index in [4.69, 9.17) is 21.1 Å². The van der Waals surface area contributed by atoms with E-state index in [9.17, 15) is 10.1 Å².